The minimum Gasteiger partial charge on any atom is -0.481 e. The molecule has 2 saturated heterocycles. The highest BCUT2D eigenvalue weighted by atomic mass is 16.6. The summed E-state index contributed by atoms with van der Waals surface area (Å²) in [5.41, 5.74) is -3.25. The molecule has 0 aromatic rings. The van der Waals surface area contributed by atoms with E-state index < -0.39 is 54.2 Å². The molecule has 2 fully saturated rings. The molecule has 0 aliphatic carbocycles. The van der Waals surface area contributed by atoms with E-state index in [1.165, 1.54) is 0 Å². The van der Waals surface area contributed by atoms with Gasteiger partial charge in [0, 0.05) is 38.5 Å². The van der Waals surface area contributed by atoms with E-state index in [0.29, 0.717) is 0 Å². The number of ketones is 2. The summed E-state index contributed by atoms with van der Waals surface area (Å²) >= 11 is 0. The monoisotopic (exact) mass is 486 g/mol. The molecule has 0 spiro atoms. The summed E-state index contributed by atoms with van der Waals surface area (Å²) in [7, 11) is 0. The largest absolute Gasteiger partial charge is 0.481 e. The molecule has 0 amide bonds. The SMILES string of the molecule is O=COCC1(O)CC(=O)OC(CCC(=O)CCC(=O)CCC2CC(O)(CC(=O)O)CC(=O)O2)C1. The van der Waals surface area contributed by atoms with Crippen LogP contribution in [0.4, 0.5) is 0 Å². The molecule has 3 N–H and O–H groups in total. The van der Waals surface area contributed by atoms with E-state index in [-0.39, 0.29) is 82.4 Å². The third-order valence-corrected chi connectivity index (χ3v) is 5.83. The lowest BCUT2D eigenvalue weighted by atomic mass is 9.85. The van der Waals surface area contributed by atoms with Gasteiger partial charge >= 0.3 is 17.9 Å². The first kappa shape index (κ1) is 27.4. The lowest BCUT2D eigenvalue weighted by Gasteiger charge is -2.35. The van der Waals surface area contributed by atoms with E-state index >= 15 is 0 Å². The maximum Gasteiger partial charge on any atom is 0.309 e. The molecular weight excluding hydrogens is 456 g/mol. The number of ether oxygens (including phenoxy) is 3. The standard InChI is InChI=1S/C22H30O12/c23-13-32-12-22(31)8-17(34-20(29)11-22)6-4-15(25)2-1-14(24)3-5-16-7-21(30,9-18(26)27)10-19(28)33-16/h13,16-17,30-31H,1-12H2,(H,26,27). The highest BCUT2D eigenvalue weighted by Gasteiger charge is 2.42. The van der Waals surface area contributed by atoms with Crippen LogP contribution in [-0.4, -0.2) is 81.3 Å². The summed E-state index contributed by atoms with van der Waals surface area (Å²) in [6.07, 6.45) is -2.68. The fraction of sp³-hybridized carbons (Fsp3) is 0.727. The fourth-order valence-corrected chi connectivity index (χ4v) is 4.28. The number of carboxylic acid groups (broad SMARTS) is 1. The number of esters is 2. The second-order valence-corrected chi connectivity index (χ2v) is 9.07. The van der Waals surface area contributed by atoms with E-state index in [9.17, 15) is 39.0 Å². The predicted octanol–water partition coefficient (Wildman–Crippen LogP) is -0.0137. The molecule has 34 heavy (non-hydrogen) atoms. The minimum atomic E-state index is -1.71. The van der Waals surface area contributed by atoms with Gasteiger partial charge in [-0.25, -0.2) is 0 Å². The van der Waals surface area contributed by atoms with Crippen LogP contribution in [0.1, 0.15) is 70.6 Å². The first-order valence-corrected chi connectivity index (χ1v) is 11.1. The van der Waals surface area contributed by atoms with Gasteiger partial charge in [-0.3, -0.25) is 28.8 Å². The maximum atomic E-state index is 12.2. The molecule has 190 valence electrons. The average molecular weight is 486 g/mol. The highest BCUT2D eigenvalue weighted by molar-refractivity contribution is 5.86. The highest BCUT2D eigenvalue weighted by Crippen LogP contribution is 2.31. The van der Waals surface area contributed by atoms with E-state index in [4.69, 9.17) is 14.6 Å². The van der Waals surface area contributed by atoms with Crippen molar-refractivity contribution in [2.24, 2.45) is 0 Å². The van der Waals surface area contributed by atoms with Gasteiger partial charge in [0.15, 0.2) is 0 Å². The normalized spacial score (nSPS) is 29.0. The van der Waals surface area contributed by atoms with Crippen molar-refractivity contribution in [2.75, 3.05) is 6.61 Å². The molecule has 12 heteroatoms. The Kier molecular flexibility index (Phi) is 9.68. The third kappa shape index (κ3) is 9.18. The number of carbonyl (C=O) groups is 6. The molecule has 0 radical (unpaired) electrons. The summed E-state index contributed by atoms with van der Waals surface area (Å²) in [6.45, 7) is -0.184. The molecule has 0 bridgehead atoms. The van der Waals surface area contributed by atoms with Crippen LogP contribution in [0, 0.1) is 0 Å². The van der Waals surface area contributed by atoms with Gasteiger partial charge in [0.2, 0.25) is 0 Å². The Balaban J connectivity index is 1.70. The zero-order valence-corrected chi connectivity index (χ0v) is 18.7. The Hall–Kier alpha value is -2.86. The summed E-state index contributed by atoms with van der Waals surface area (Å²) in [4.78, 5) is 68.9. The molecule has 0 aromatic heterocycles. The topological polar surface area (TPSA) is 191 Å². The lowest BCUT2D eigenvalue weighted by Crippen LogP contribution is -2.46. The van der Waals surface area contributed by atoms with Gasteiger partial charge in [0.25, 0.3) is 6.47 Å². The number of aliphatic hydroxyl groups is 2. The van der Waals surface area contributed by atoms with Crippen LogP contribution >= 0.6 is 0 Å². The number of hydrogen-bond donors (Lipinski definition) is 3. The van der Waals surface area contributed by atoms with Crippen molar-refractivity contribution in [3.8, 4) is 0 Å². The number of carbonyl (C=O) groups excluding carboxylic acids is 5. The van der Waals surface area contributed by atoms with Crippen molar-refractivity contribution >= 4 is 35.9 Å². The van der Waals surface area contributed by atoms with Crippen molar-refractivity contribution < 1.29 is 58.3 Å². The molecule has 0 aromatic carbocycles. The molecule has 2 rings (SSSR count). The van der Waals surface area contributed by atoms with Crippen LogP contribution in [-0.2, 0) is 43.0 Å². The number of aliphatic carboxylic acids is 1. The van der Waals surface area contributed by atoms with Gasteiger partial charge in [-0.05, 0) is 12.8 Å². The number of hydrogen-bond acceptors (Lipinski definition) is 11. The van der Waals surface area contributed by atoms with Crippen molar-refractivity contribution in [1.29, 1.82) is 0 Å². The van der Waals surface area contributed by atoms with Crippen LogP contribution in [0.25, 0.3) is 0 Å². The summed E-state index contributed by atoms with van der Waals surface area (Å²) in [6, 6.07) is 0. The summed E-state index contributed by atoms with van der Waals surface area (Å²) in [5, 5.41) is 29.5. The van der Waals surface area contributed by atoms with E-state index in [1.807, 2.05) is 0 Å². The van der Waals surface area contributed by atoms with Crippen molar-refractivity contribution in [1.82, 2.24) is 0 Å². The van der Waals surface area contributed by atoms with Gasteiger partial charge in [-0.15, -0.1) is 0 Å². The number of carboxylic acids is 1. The first-order chi connectivity index (χ1) is 15.9. The second-order valence-electron chi connectivity index (χ2n) is 9.07. The molecule has 12 nitrogen and oxygen atoms in total. The van der Waals surface area contributed by atoms with Crippen LogP contribution in [0.3, 0.4) is 0 Å². The van der Waals surface area contributed by atoms with Crippen molar-refractivity contribution in [3.05, 3.63) is 0 Å². The van der Waals surface area contributed by atoms with E-state index in [0.717, 1.165) is 0 Å². The zero-order valence-electron chi connectivity index (χ0n) is 18.7. The molecule has 2 aliphatic rings. The van der Waals surface area contributed by atoms with E-state index in [2.05, 4.69) is 4.74 Å². The number of rotatable bonds is 14. The van der Waals surface area contributed by atoms with Gasteiger partial charge in [-0.2, -0.15) is 0 Å². The van der Waals surface area contributed by atoms with Crippen LogP contribution in [0.15, 0.2) is 0 Å². The van der Waals surface area contributed by atoms with Crippen LogP contribution in [0.5, 0.6) is 0 Å². The average Bonchev–Trinajstić information content (AvgIpc) is 2.71. The van der Waals surface area contributed by atoms with Crippen LogP contribution < -0.4 is 0 Å². The Morgan fingerprint density at radius 2 is 1.35 bits per heavy atom. The quantitative estimate of drug-likeness (QED) is 0.169. The molecular formula is C22H30O12. The molecule has 0 saturated carbocycles. The molecule has 2 heterocycles. The van der Waals surface area contributed by atoms with Gasteiger partial charge in [0.05, 0.1) is 24.9 Å². The Morgan fingerprint density at radius 3 is 1.82 bits per heavy atom. The minimum absolute atomic E-state index is 0.00161. The van der Waals surface area contributed by atoms with Crippen molar-refractivity contribution in [2.45, 2.75) is 94.0 Å². The zero-order chi connectivity index (χ0) is 25.4. The third-order valence-electron chi connectivity index (χ3n) is 5.83. The van der Waals surface area contributed by atoms with E-state index in [1.54, 1.807) is 0 Å². The van der Waals surface area contributed by atoms with Crippen molar-refractivity contribution in [3.63, 3.8) is 0 Å². The summed E-state index contributed by atoms with van der Waals surface area (Å²) < 4.78 is 14.8. The Labute approximate surface area is 195 Å². The summed E-state index contributed by atoms with van der Waals surface area (Å²) in [5.74, 6) is -3.11. The fourth-order valence-electron chi connectivity index (χ4n) is 4.28. The maximum absolute atomic E-state index is 12.2. The molecule has 2 aliphatic heterocycles. The van der Waals surface area contributed by atoms with Crippen LogP contribution in [0.2, 0.25) is 0 Å². The first-order valence-electron chi connectivity index (χ1n) is 11.1. The second kappa shape index (κ2) is 12.0. The van der Waals surface area contributed by atoms with Gasteiger partial charge in [0.1, 0.15) is 36.0 Å². The number of Topliss-reactive ketones (excluding diaryl/α,β-unsaturated/α-hetero) is 2. The Bertz CT molecular complexity index is 804. The smallest absolute Gasteiger partial charge is 0.309 e. The molecule has 4 atom stereocenters. The predicted molar refractivity (Wildman–Crippen MR) is 110 cm³/mol. The lowest BCUT2D eigenvalue weighted by molar-refractivity contribution is -0.178. The Morgan fingerprint density at radius 1 is 0.882 bits per heavy atom. The molecule has 4 unspecified atom stereocenters. The van der Waals surface area contributed by atoms with Gasteiger partial charge in [-0.1, -0.05) is 0 Å². The number of cyclic esters (lactones) is 2. The van der Waals surface area contributed by atoms with Gasteiger partial charge < -0.3 is 29.5 Å².